The van der Waals surface area contributed by atoms with Crippen molar-refractivity contribution >= 4 is 27.6 Å². The molecule has 5 nitrogen and oxygen atoms in total. The van der Waals surface area contributed by atoms with Crippen LogP contribution in [0.1, 0.15) is 37.9 Å². The van der Waals surface area contributed by atoms with E-state index < -0.39 is 11.2 Å². The van der Waals surface area contributed by atoms with E-state index >= 15 is 0 Å². The highest BCUT2D eigenvalue weighted by Crippen LogP contribution is 2.39. The molecule has 2 heterocycles. The van der Waals surface area contributed by atoms with Crippen molar-refractivity contribution in [3.8, 4) is 5.75 Å². The number of hydrogen-bond acceptors (Lipinski definition) is 7. The molecule has 1 N–H and O–H groups in total. The Labute approximate surface area is 130 Å². The third kappa shape index (κ3) is 5.67. The van der Waals surface area contributed by atoms with E-state index in [-0.39, 0.29) is 18.3 Å². The lowest BCUT2D eigenvalue weighted by atomic mass is 10.1. The molecule has 2 rings (SSSR count). The summed E-state index contributed by atoms with van der Waals surface area (Å²) < 4.78 is 9.98. The van der Waals surface area contributed by atoms with Crippen LogP contribution in [0.25, 0.3) is 0 Å². The van der Waals surface area contributed by atoms with Crippen LogP contribution in [0, 0.1) is 0 Å². The van der Waals surface area contributed by atoms with E-state index in [1.54, 1.807) is 0 Å². The molecule has 0 amide bonds. The fourth-order valence-electron chi connectivity index (χ4n) is 1.95. The van der Waals surface area contributed by atoms with Crippen LogP contribution in [0.5, 0.6) is 5.75 Å². The van der Waals surface area contributed by atoms with Gasteiger partial charge in [0.05, 0.1) is 0 Å². The minimum Gasteiger partial charge on any atom is -0.502 e. The molecule has 1 saturated heterocycles. The standard InChI is InChI=1S/C14H18O5S2/c15-12-7-10(18-9-13(12)16)8-19-14(17)4-2-1-3-11-5-6-20-21-11/h7,9,11,16H,1-6,8H2/t11-/m1/s1. The fraction of sp³-hybridized carbons (Fsp3) is 0.571. The maximum atomic E-state index is 11.6. The maximum Gasteiger partial charge on any atom is 0.306 e. The second-order valence-corrected chi connectivity index (χ2v) is 7.62. The third-order valence-corrected chi connectivity index (χ3v) is 6.13. The molecule has 0 radical (unpaired) electrons. The molecule has 1 aliphatic heterocycles. The summed E-state index contributed by atoms with van der Waals surface area (Å²) in [5.74, 6) is 0.715. The average molecular weight is 330 g/mol. The maximum absolute atomic E-state index is 11.6. The Hall–Kier alpha value is -1.08. The molecule has 0 unspecified atom stereocenters. The molecule has 1 atom stereocenters. The van der Waals surface area contributed by atoms with Gasteiger partial charge in [-0.1, -0.05) is 28.0 Å². The Morgan fingerprint density at radius 3 is 3.05 bits per heavy atom. The van der Waals surface area contributed by atoms with Crippen molar-refractivity contribution in [2.24, 2.45) is 0 Å². The van der Waals surface area contributed by atoms with E-state index in [2.05, 4.69) is 0 Å². The Bertz CT molecular complexity index is 522. The number of aromatic hydroxyl groups is 1. The fourth-order valence-corrected chi connectivity index (χ4v) is 4.98. The van der Waals surface area contributed by atoms with Crippen LogP contribution in [0.2, 0.25) is 0 Å². The van der Waals surface area contributed by atoms with Gasteiger partial charge in [0.25, 0.3) is 0 Å². The van der Waals surface area contributed by atoms with Gasteiger partial charge in [0.1, 0.15) is 18.6 Å². The molecular formula is C14H18O5S2. The van der Waals surface area contributed by atoms with Crippen molar-refractivity contribution in [3.63, 3.8) is 0 Å². The lowest BCUT2D eigenvalue weighted by Gasteiger charge is -2.07. The van der Waals surface area contributed by atoms with Crippen LogP contribution in [-0.2, 0) is 16.1 Å². The monoisotopic (exact) mass is 330 g/mol. The van der Waals surface area contributed by atoms with Crippen molar-refractivity contribution in [1.29, 1.82) is 0 Å². The number of rotatable bonds is 7. The minimum absolute atomic E-state index is 0.0799. The van der Waals surface area contributed by atoms with Crippen LogP contribution in [0.3, 0.4) is 0 Å². The van der Waals surface area contributed by atoms with E-state index in [4.69, 9.17) is 14.3 Å². The molecule has 1 aliphatic rings. The molecule has 21 heavy (non-hydrogen) atoms. The summed E-state index contributed by atoms with van der Waals surface area (Å²) in [7, 11) is 3.87. The zero-order valence-electron chi connectivity index (χ0n) is 11.6. The lowest BCUT2D eigenvalue weighted by Crippen LogP contribution is -2.07. The molecule has 0 aliphatic carbocycles. The molecule has 7 heteroatoms. The highest BCUT2D eigenvalue weighted by Gasteiger charge is 2.16. The van der Waals surface area contributed by atoms with Crippen LogP contribution in [0.4, 0.5) is 0 Å². The van der Waals surface area contributed by atoms with Crippen LogP contribution >= 0.6 is 21.6 Å². The Kier molecular flexibility index (Phi) is 6.50. The molecule has 116 valence electrons. The summed E-state index contributed by atoms with van der Waals surface area (Å²) in [6.07, 6.45) is 5.59. The SMILES string of the molecule is O=C(CCCC[C@@H]1CCSS1)OCc1cc(=O)c(O)co1. The van der Waals surface area contributed by atoms with E-state index in [9.17, 15) is 9.59 Å². The summed E-state index contributed by atoms with van der Waals surface area (Å²) in [4.78, 5) is 22.7. The molecule has 1 aromatic rings. The van der Waals surface area contributed by atoms with Gasteiger partial charge in [-0.15, -0.1) is 0 Å². The van der Waals surface area contributed by atoms with Gasteiger partial charge < -0.3 is 14.3 Å². The van der Waals surface area contributed by atoms with E-state index in [0.717, 1.165) is 36.8 Å². The van der Waals surface area contributed by atoms with Crippen molar-refractivity contribution < 1.29 is 19.1 Å². The second-order valence-electron chi connectivity index (χ2n) is 4.83. The minimum atomic E-state index is -0.542. The summed E-state index contributed by atoms with van der Waals surface area (Å²) in [6.45, 7) is -0.0799. The largest absolute Gasteiger partial charge is 0.502 e. The van der Waals surface area contributed by atoms with Gasteiger partial charge in [0.2, 0.25) is 5.43 Å². The predicted molar refractivity (Wildman–Crippen MR) is 83.4 cm³/mol. The second kappa shape index (κ2) is 8.38. The number of carbonyl (C=O) groups is 1. The molecule has 1 aromatic heterocycles. The molecule has 0 aromatic carbocycles. The van der Waals surface area contributed by atoms with E-state index in [1.165, 1.54) is 12.2 Å². The van der Waals surface area contributed by atoms with Gasteiger partial charge in [-0.2, -0.15) is 0 Å². The Balaban J connectivity index is 1.60. The van der Waals surface area contributed by atoms with Crippen LogP contribution < -0.4 is 5.43 Å². The molecular weight excluding hydrogens is 312 g/mol. The first kappa shape index (κ1) is 16.3. The number of carbonyl (C=O) groups excluding carboxylic acids is 1. The summed E-state index contributed by atoms with van der Waals surface area (Å²) in [6, 6.07) is 1.12. The topological polar surface area (TPSA) is 76.7 Å². The lowest BCUT2D eigenvalue weighted by molar-refractivity contribution is -0.145. The molecule has 0 bridgehead atoms. The van der Waals surface area contributed by atoms with Crippen LogP contribution in [-0.4, -0.2) is 22.1 Å². The van der Waals surface area contributed by atoms with Gasteiger partial charge in [0, 0.05) is 23.5 Å². The van der Waals surface area contributed by atoms with Gasteiger partial charge in [-0.05, 0) is 19.3 Å². The first-order valence-electron chi connectivity index (χ1n) is 6.90. The first-order chi connectivity index (χ1) is 10.1. The number of ether oxygens (including phenoxy) is 1. The third-order valence-electron chi connectivity index (χ3n) is 3.13. The van der Waals surface area contributed by atoms with Crippen molar-refractivity contribution in [3.05, 3.63) is 28.3 Å². The first-order valence-corrected chi connectivity index (χ1v) is 9.28. The van der Waals surface area contributed by atoms with Crippen molar-refractivity contribution in [2.75, 3.05) is 5.75 Å². The predicted octanol–water partition coefficient (Wildman–Crippen LogP) is 3.10. The number of hydrogen-bond donors (Lipinski definition) is 1. The average Bonchev–Trinajstić information content (AvgIpc) is 2.98. The Morgan fingerprint density at radius 1 is 1.48 bits per heavy atom. The quantitative estimate of drug-likeness (QED) is 0.467. The molecule has 0 spiro atoms. The van der Waals surface area contributed by atoms with Crippen molar-refractivity contribution in [1.82, 2.24) is 0 Å². The zero-order chi connectivity index (χ0) is 15.1. The number of unbranched alkanes of at least 4 members (excludes halogenated alkanes) is 1. The number of esters is 1. The summed E-state index contributed by atoms with van der Waals surface area (Å²) in [5, 5.41) is 9.77. The highest BCUT2D eigenvalue weighted by molar-refractivity contribution is 8.77. The van der Waals surface area contributed by atoms with Gasteiger partial charge in [-0.25, -0.2) is 0 Å². The Morgan fingerprint density at radius 2 is 2.33 bits per heavy atom. The van der Waals surface area contributed by atoms with Gasteiger partial charge >= 0.3 is 5.97 Å². The van der Waals surface area contributed by atoms with E-state index in [0.29, 0.717) is 6.42 Å². The smallest absolute Gasteiger partial charge is 0.306 e. The molecule has 1 fully saturated rings. The van der Waals surface area contributed by atoms with Crippen LogP contribution in [0.15, 0.2) is 21.5 Å². The zero-order valence-corrected chi connectivity index (χ0v) is 13.2. The highest BCUT2D eigenvalue weighted by atomic mass is 33.1. The normalized spacial score (nSPS) is 17.8. The summed E-state index contributed by atoms with van der Waals surface area (Å²) in [5.41, 5.74) is -0.542. The molecule has 0 saturated carbocycles. The van der Waals surface area contributed by atoms with Gasteiger partial charge in [0.15, 0.2) is 5.75 Å². The van der Waals surface area contributed by atoms with Gasteiger partial charge in [-0.3, -0.25) is 9.59 Å². The van der Waals surface area contributed by atoms with Crippen molar-refractivity contribution in [2.45, 2.75) is 44.0 Å². The summed E-state index contributed by atoms with van der Waals surface area (Å²) >= 11 is 0. The van der Waals surface area contributed by atoms with E-state index in [1.807, 2.05) is 21.6 Å².